The van der Waals surface area contributed by atoms with Gasteiger partial charge in [-0.15, -0.1) is 17.5 Å². The second-order valence-corrected chi connectivity index (χ2v) is 5.91. The van der Waals surface area contributed by atoms with Gasteiger partial charge >= 0.3 is 0 Å². The molecule has 0 radical (unpaired) electrons. The Kier molecular flexibility index (Phi) is 5.42. The maximum Gasteiger partial charge on any atom is 0.248 e. The number of nitrogens with one attached hydrogen (secondary N) is 1. The van der Waals surface area contributed by atoms with Crippen molar-refractivity contribution in [1.82, 2.24) is 35.4 Å². The van der Waals surface area contributed by atoms with Crippen molar-refractivity contribution in [2.24, 2.45) is 0 Å². The molecule has 3 heterocycles. The molecule has 0 aliphatic carbocycles. The van der Waals surface area contributed by atoms with Gasteiger partial charge < -0.3 is 9.84 Å². The van der Waals surface area contributed by atoms with Crippen molar-refractivity contribution in [2.75, 3.05) is 26.7 Å². The van der Waals surface area contributed by atoms with Crippen LogP contribution in [0.15, 0.2) is 41.1 Å². The fourth-order valence-electron chi connectivity index (χ4n) is 2.82. The first-order valence-corrected chi connectivity index (χ1v) is 7.98. The lowest BCUT2D eigenvalue weighted by Gasteiger charge is -2.30. The molecule has 1 aliphatic rings. The van der Waals surface area contributed by atoms with Gasteiger partial charge in [0.15, 0.2) is 5.82 Å². The van der Waals surface area contributed by atoms with E-state index in [1.54, 1.807) is 4.68 Å². The summed E-state index contributed by atoms with van der Waals surface area (Å²) >= 11 is 0. The highest BCUT2D eigenvalue weighted by Crippen LogP contribution is 2.18. The van der Waals surface area contributed by atoms with E-state index < -0.39 is 0 Å². The molecule has 1 N–H and O–H groups in total. The van der Waals surface area contributed by atoms with Gasteiger partial charge in [-0.25, -0.2) is 4.68 Å². The highest BCUT2D eigenvalue weighted by molar-refractivity contribution is 5.85. The molecule has 8 nitrogen and oxygen atoms in total. The van der Waals surface area contributed by atoms with Crippen molar-refractivity contribution >= 4 is 12.4 Å². The minimum atomic E-state index is 0. The van der Waals surface area contributed by atoms with E-state index in [9.17, 15) is 0 Å². The van der Waals surface area contributed by atoms with Crippen LogP contribution in [0.4, 0.5) is 0 Å². The lowest BCUT2D eigenvalue weighted by molar-refractivity contribution is 0.190. The Hall–Kier alpha value is -2.29. The molecule has 9 heteroatoms. The Morgan fingerprint density at radius 1 is 1.28 bits per heavy atom. The van der Waals surface area contributed by atoms with Gasteiger partial charge in [0.25, 0.3) is 0 Å². The Labute approximate surface area is 151 Å². The van der Waals surface area contributed by atoms with Gasteiger partial charge in [0.1, 0.15) is 12.2 Å². The number of halogens is 1. The molecule has 1 saturated heterocycles. The Balaban J connectivity index is 0.00000182. The molecule has 4 rings (SSSR count). The zero-order valence-corrected chi connectivity index (χ0v) is 14.7. The van der Waals surface area contributed by atoms with Gasteiger partial charge in [-0.1, -0.05) is 40.7 Å². The minimum Gasteiger partial charge on any atom is -0.337 e. The summed E-state index contributed by atoms with van der Waals surface area (Å²) in [7, 11) is 2.07. The largest absolute Gasteiger partial charge is 0.337 e. The predicted octanol–water partition coefficient (Wildman–Crippen LogP) is 1.37. The summed E-state index contributed by atoms with van der Waals surface area (Å²) < 4.78 is 7.09. The van der Waals surface area contributed by atoms with Crippen molar-refractivity contribution in [1.29, 1.82) is 0 Å². The topological polar surface area (TPSA) is 84.9 Å². The van der Waals surface area contributed by atoms with Crippen molar-refractivity contribution in [3.63, 3.8) is 0 Å². The number of benzene rings is 1. The van der Waals surface area contributed by atoms with Gasteiger partial charge in [-0.05, 0) is 7.05 Å². The second-order valence-electron chi connectivity index (χ2n) is 5.91. The van der Waals surface area contributed by atoms with Crippen LogP contribution in [0.3, 0.4) is 0 Å². The van der Waals surface area contributed by atoms with Gasteiger partial charge in [0, 0.05) is 25.2 Å². The summed E-state index contributed by atoms with van der Waals surface area (Å²) in [6.07, 6.45) is 1.88. The van der Waals surface area contributed by atoms with Gasteiger partial charge in [0.05, 0.1) is 12.2 Å². The first-order valence-electron chi connectivity index (χ1n) is 7.98. The molecule has 1 fully saturated rings. The molecule has 0 amide bonds. The summed E-state index contributed by atoms with van der Waals surface area (Å²) in [5.74, 6) is 1.25. The third-order valence-corrected chi connectivity index (χ3v) is 4.20. The van der Waals surface area contributed by atoms with E-state index in [0.717, 1.165) is 30.9 Å². The highest BCUT2D eigenvalue weighted by atomic mass is 35.5. The molecule has 25 heavy (non-hydrogen) atoms. The van der Waals surface area contributed by atoms with Crippen LogP contribution in [-0.4, -0.2) is 56.7 Å². The normalized spacial score (nSPS) is 18.0. The Morgan fingerprint density at radius 2 is 2.12 bits per heavy atom. The van der Waals surface area contributed by atoms with E-state index in [2.05, 4.69) is 37.7 Å². The van der Waals surface area contributed by atoms with Crippen molar-refractivity contribution in [3.05, 3.63) is 48.2 Å². The monoisotopic (exact) mass is 361 g/mol. The molecule has 3 aromatic rings. The molecule has 1 aromatic carbocycles. The van der Waals surface area contributed by atoms with Crippen LogP contribution in [0, 0.1) is 0 Å². The Bertz CT molecular complexity index is 804. The summed E-state index contributed by atoms with van der Waals surface area (Å²) in [6.45, 7) is 3.20. The van der Waals surface area contributed by atoms with Gasteiger partial charge in [0.2, 0.25) is 5.89 Å². The number of piperazine rings is 1. The first kappa shape index (κ1) is 17.5. The number of likely N-dealkylation sites (N-methyl/N-ethyl adjacent to an activating group) is 1. The minimum absolute atomic E-state index is 0. The number of aromatic nitrogens is 5. The van der Waals surface area contributed by atoms with Crippen LogP contribution in [0.1, 0.15) is 17.8 Å². The second kappa shape index (κ2) is 7.73. The van der Waals surface area contributed by atoms with E-state index in [0.29, 0.717) is 18.3 Å². The average molecular weight is 362 g/mol. The first-order chi connectivity index (χ1) is 11.8. The van der Waals surface area contributed by atoms with Crippen molar-refractivity contribution < 1.29 is 4.52 Å². The molecule has 132 valence electrons. The number of rotatable bonds is 4. The predicted molar refractivity (Wildman–Crippen MR) is 94.3 cm³/mol. The van der Waals surface area contributed by atoms with Crippen LogP contribution in [-0.2, 0) is 6.54 Å². The summed E-state index contributed by atoms with van der Waals surface area (Å²) in [5.41, 5.74) is 1.86. The lowest BCUT2D eigenvalue weighted by Crippen LogP contribution is -2.44. The van der Waals surface area contributed by atoms with E-state index in [-0.39, 0.29) is 18.4 Å². The number of hydrogen-bond acceptors (Lipinski definition) is 7. The fraction of sp³-hybridized carbons (Fsp3) is 0.375. The van der Waals surface area contributed by atoms with E-state index >= 15 is 0 Å². The maximum absolute atomic E-state index is 5.38. The molecule has 0 saturated carbocycles. The molecule has 1 unspecified atom stereocenters. The van der Waals surface area contributed by atoms with E-state index in [1.807, 2.05) is 36.5 Å². The SMILES string of the molecule is CN1CCNCC1c1noc(Cn2cc(-c3ccccc3)nn2)n1.Cl. The quantitative estimate of drug-likeness (QED) is 0.751. The third kappa shape index (κ3) is 3.87. The average Bonchev–Trinajstić information content (AvgIpc) is 3.26. The van der Waals surface area contributed by atoms with Crippen LogP contribution in [0.25, 0.3) is 11.3 Å². The van der Waals surface area contributed by atoms with Crippen LogP contribution >= 0.6 is 12.4 Å². The summed E-state index contributed by atoms with van der Waals surface area (Å²) in [4.78, 5) is 6.74. The van der Waals surface area contributed by atoms with Crippen molar-refractivity contribution in [2.45, 2.75) is 12.6 Å². The molecule has 2 aromatic heterocycles. The molecule has 1 atom stereocenters. The molecule has 0 spiro atoms. The van der Waals surface area contributed by atoms with E-state index in [1.165, 1.54) is 0 Å². The van der Waals surface area contributed by atoms with Crippen LogP contribution in [0.2, 0.25) is 0 Å². The molecule has 1 aliphatic heterocycles. The van der Waals surface area contributed by atoms with E-state index in [4.69, 9.17) is 4.52 Å². The summed E-state index contributed by atoms with van der Waals surface area (Å²) in [5, 5.41) is 15.8. The standard InChI is InChI=1S/C16H19N7O.ClH/c1-22-8-7-17-9-14(22)16-18-15(24-20-16)11-23-10-13(19-21-23)12-5-3-2-4-6-12;/h2-6,10,14,17H,7-9,11H2,1H3;1H. The van der Waals surface area contributed by atoms with Crippen LogP contribution < -0.4 is 5.32 Å². The fourth-order valence-corrected chi connectivity index (χ4v) is 2.82. The smallest absolute Gasteiger partial charge is 0.248 e. The number of hydrogen-bond donors (Lipinski definition) is 1. The maximum atomic E-state index is 5.38. The summed E-state index contributed by atoms with van der Waals surface area (Å²) in [6, 6.07) is 10.1. The van der Waals surface area contributed by atoms with Gasteiger partial charge in [-0.3, -0.25) is 4.90 Å². The third-order valence-electron chi connectivity index (χ3n) is 4.20. The molecular formula is C16H20ClN7O. The molecular weight excluding hydrogens is 342 g/mol. The zero-order valence-electron chi connectivity index (χ0n) is 13.9. The Morgan fingerprint density at radius 3 is 2.92 bits per heavy atom. The number of nitrogens with zero attached hydrogens (tertiary/aromatic N) is 6. The van der Waals surface area contributed by atoms with Crippen molar-refractivity contribution in [3.8, 4) is 11.3 Å². The molecule has 0 bridgehead atoms. The highest BCUT2D eigenvalue weighted by Gasteiger charge is 2.25. The lowest BCUT2D eigenvalue weighted by atomic mass is 10.2. The van der Waals surface area contributed by atoms with Gasteiger partial charge in [-0.2, -0.15) is 4.98 Å². The zero-order chi connectivity index (χ0) is 16.4. The van der Waals surface area contributed by atoms with Crippen LogP contribution in [0.5, 0.6) is 0 Å².